The van der Waals surface area contributed by atoms with Gasteiger partial charge < -0.3 is 4.74 Å². The van der Waals surface area contributed by atoms with E-state index < -0.39 is 0 Å². The van der Waals surface area contributed by atoms with Gasteiger partial charge in [-0.2, -0.15) is 0 Å². The molecule has 19 heavy (non-hydrogen) atoms. The molecule has 0 aromatic heterocycles. The van der Waals surface area contributed by atoms with Crippen LogP contribution in [0.1, 0.15) is 46.6 Å². The lowest BCUT2D eigenvalue weighted by Gasteiger charge is -2.20. The highest BCUT2D eigenvalue weighted by atomic mass is 79.9. The molecule has 0 bridgehead atoms. The smallest absolute Gasteiger partial charge is 0.170 e. The van der Waals surface area contributed by atoms with Crippen LogP contribution in [0.5, 0.6) is 5.75 Å². The molecular formula is C16H23BrO2. The quantitative estimate of drug-likeness (QED) is 0.781. The van der Waals surface area contributed by atoms with Gasteiger partial charge in [0.25, 0.3) is 0 Å². The first-order valence-electron chi connectivity index (χ1n) is 6.64. The topological polar surface area (TPSA) is 26.3 Å². The largest absolute Gasteiger partial charge is 0.485 e. The maximum absolute atomic E-state index is 11.6. The summed E-state index contributed by atoms with van der Waals surface area (Å²) in [6, 6.07) is 6.03. The van der Waals surface area contributed by atoms with E-state index in [9.17, 15) is 4.79 Å². The van der Waals surface area contributed by atoms with Gasteiger partial charge in [0, 0.05) is 6.42 Å². The lowest BCUT2D eigenvalue weighted by molar-refractivity contribution is -0.121. The van der Waals surface area contributed by atoms with Crippen LogP contribution in [-0.4, -0.2) is 12.4 Å². The fourth-order valence-corrected chi connectivity index (χ4v) is 2.25. The van der Waals surface area contributed by atoms with Crippen molar-refractivity contribution in [1.82, 2.24) is 0 Å². The number of hydrogen-bond acceptors (Lipinski definition) is 2. The zero-order valence-electron chi connectivity index (χ0n) is 12.4. The molecule has 106 valence electrons. The molecule has 0 spiro atoms. The van der Waals surface area contributed by atoms with Crippen molar-refractivity contribution in [3.8, 4) is 5.75 Å². The molecule has 0 aliphatic carbocycles. The Morgan fingerprint density at radius 3 is 2.42 bits per heavy atom. The number of benzene rings is 1. The molecule has 0 saturated heterocycles. The van der Waals surface area contributed by atoms with Crippen LogP contribution >= 0.6 is 15.9 Å². The van der Waals surface area contributed by atoms with Crippen molar-refractivity contribution in [2.45, 2.75) is 46.5 Å². The van der Waals surface area contributed by atoms with Crippen molar-refractivity contribution in [2.75, 3.05) is 6.61 Å². The number of rotatable bonds is 5. The molecule has 0 aliphatic heterocycles. The molecule has 0 N–H and O–H groups in total. The predicted molar refractivity (Wildman–Crippen MR) is 82.8 cm³/mol. The minimum atomic E-state index is 0.106. The Kier molecular flexibility index (Phi) is 5.60. The first-order valence-corrected chi connectivity index (χ1v) is 7.44. The van der Waals surface area contributed by atoms with Crippen molar-refractivity contribution in [3.05, 3.63) is 28.2 Å². The van der Waals surface area contributed by atoms with E-state index in [4.69, 9.17) is 4.74 Å². The van der Waals surface area contributed by atoms with Crippen LogP contribution in [0.15, 0.2) is 22.7 Å². The van der Waals surface area contributed by atoms with E-state index in [2.05, 4.69) is 42.8 Å². The Morgan fingerprint density at radius 1 is 1.32 bits per heavy atom. The maximum Gasteiger partial charge on any atom is 0.170 e. The molecule has 0 unspecified atom stereocenters. The number of halogens is 1. The molecule has 0 amide bonds. The molecule has 0 radical (unpaired) electrons. The van der Waals surface area contributed by atoms with Crippen molar-refractivity contribution in [1.29, 1.82) is 0 Å². The lowest BCUT2D eigenvalue weighted by atomic mass is 9.87. The number of ketones is 1. The van der Waals surface area contributed by atoms with Gasteiger partial charge >= 0.3 is 0 Å². The van der Waals surface area contributed by atoms with Gasteiger partial charge in [-0.05, 0) is 45.0 Å². The van der Waals surface area contributed by atoms with Crippen molar-refractivity contribution in [3.63, 3.8) is 0 Å². The Balaban J connectivity index is 2.68. The molecule has 1 aromatic rings. The first kappa shape index (κ1) is 16.2. The molecule has 2 nitrogen and oxygen atoms in total. The summed E-state index contributed by atoms with van der Waals surface area (Å²) >= 11 is 3.50. The van der Waals surface area contributed by atoms with E-state index in [1.165, 1.54) is 5.56 Å². The Bertz CT molecular complexity index is 445. The molecular weight excluding hydrogens is 304 g/mol. The first-order chi connectivity index (χ1) is 8.70. The summed E-state index contributed by atoms with van der Waals surface area (Å²) in [6.07, 6.45) is 0.567. The average Bonchev–Trinajstić information content (AvgIpc) is 2.25. The van der Waals surface area contributed by atoms with E-state index in [1.807, 2.05) is 26.0 Å². The summed E-state index contributed by atoms with van der Waals surface area (Å²) in [4.78, 5) is 11.6. The van der Waals surface area contributed by atoms with Crippen LogP contribution in [0.25, 0.3) is 0 Å². The second-order valence-electron chi connectivity index (χ2n) is 6.32. The number of carbonyl (C=O) groups excluding carboxylic acids is 1. The van der Waals surface area contributed by atoms with Crippen LogP contribution in [0.2, 0.25) is 0 Å². The number of carbonyl (C=O) groups is 1. The molecule has 0 heterocycles. The normalized spacial score (nSPS) is 11.7. The third kappa shape index (κ3) is 5.35. The van der Waals surface area contributed by atoms with Crippen molar-refractivity contribution in [2.24, 2.45) is 5.92 Å². The maximum atomic E-state index is 11.6. The van der Waals surface area contributed by atoms with Crippen LogP contribution < -0.4 is 4.74 Å². The van der Waals surface area contributed by atoms with Gasteiger partial charge in [0.1, 0.15) is 12.4 Å². The summed E-state index contributed by atoms with van der Waals surface area (Å²) in [7, 11) is 0. The number of hydrogen-bond donors (Lipinski definition) is 0. The summed E-state index contributed by atoms with van der Waals surface area (Å²) in [6.45, 7) is 10.7. The standard InChI is InChI=1S/C16H23BrO2/c1-11(2)8-13(18)10-19-15-7-6-12(9-14(15)17)16(3,4)5/h6-7,9,11H,8,10H2,1-5H3. The Labute approximate surface area is 124 Å². The fraction of sp³-hybridized carbons (Fsp3) is 0.562. The SMILES string of the molecule is CC(C)CC(=O)COc1ccc(C(C)(C)C)cc1Br. The summed E-state index contributed by atoms with van der Waals surface area (Å²) in [5, 5.41) is 0. The minimum Gasteiger partial charge on any atom is -0.485 e. The van der Waals surface area contributed by atoms with Crippen molar-refractivity contribution >= 4 is 21.7 Å². The average molecular weight is 327 g/mol. The molecule has 0 fully saturated rings. The van der Waals surface area contributed by atoms with E-state index in [-0.39, 0.29) is 17.8 Å². The zero-order chi connectivity index (χ0) is 14.6. The monoisotopic (exact) mass is 326 g/mol. The Morgan fingerprint density at radius 2 is 1.95 bits per heavy atom. The van der Waals surface area contributed by atoms with E-state index in [1.54, 1.807) is 0 Å². The van der Waals surface area contributed by atoms with Crippen LogP contribution in [-0.2, 0) is 10.2 Å². The van der Waals surface area contributed by atoms with Crippen LogP contribution in [0, 0.1) is 5.92 Å². The van der Waals surface area contributed by atoms with Gasteiger partial charge in [-0.3, -0.25) is 4.79 Å². The highest BCUT2D eigenvalue weighted by Crippen LogP contribution is 2.31. The molecule has 0 atom stereocenters. The third-order valence-corrected chi connectivity index (χ3v) is 3.44. The van der Waals surface area contributed by atoms with E-state index >= 15 is 0 Å². The highest BCUT2D eigenvalue weighted by molar-refractivity contribution is 9.10. The lowest BCUT2D eigenvalue weighted by Crippen LogP contribution is -2.14. The van der Waals surface area contributed by atoms with Gasteiger partial charge in [-0.15, -0.1) is 0 Å². The minimum absolute atomic E-state index is 0.106. The summed E-state index contributed by atoms with van der Waals surface area (Å²) in [5.74, 6) is 1.25. The van der Waals surface area contributed by atoms with Crippen LogP contribution in [0.4, 0.5) is 0 Å². The molecule has 1 aromatic carbocycles. The van der Waals surface area contributed by atoms with Crippen LogP contribution in [0.3, 0.4) is 0 Å². The molecule has 0 aliphatic rings. The highest BCUT2D eigenvalue weighted by Gasteiger charge is 2.15. The number of ether oxygens (including phenoxy) is 1. The van der Waals surface area contributed by atoms with E-state index in [0.717, 1.165) is 10.2 Å². The Hall–Kier alpha value is -0.830. The molecule has 1 rings (SSSR count). The second-order valence-corrected chi connectivity index (χ2v) is 7.17. The second kappa shape index (κ2) is 6.56. The fourth-order valence-electron chi connectivity index (χ4n) is 1.76. The van der Waals surface area contributed by atoms with Gasteiger partial charge in [0.2, 0.25) is 0 Å². The van der Waals surface area contributed by atoms with Gasteiger partial charge in [0.15, 0.2) is 5.78 Å². The number of Topliss-reactive ketones (excluding diaryl/α,β-unsaturated/α-hetero) is 1. The van der Waals surface area contributed by atoms with E-state index in [0.29, 0.717) is 12.3 Å². The third-order valence-electron chi connectivity index (χ3n) is 2.82. The molecule has 0 saturated carbocycles. The summed E-state index contributed by atoms with van der Waals surface area (Å²) in [5.41, 5.74) is 1.34. The molecule has 3 heteroatoms. The van der Waals surface area contributed by atoms with Gasteiger partial charge in [-0.25, -0.2) is 0 Å². The summed E-state index contributed by atoms with van der Waals surface area (Å²) < 4.78 is 6.47. The van der Waals surface area contributed by atoms with Gasteiger partial charge in [-0.1, -0.05) is 40.7 Å². The van der Waals surface area contributed by atoms with Crippen molar-refractivity contribution < 1.29 is 9.53 Å². The van der Waals surface area contributed by atoms with Gasteiger partial charge in [0.05, 0.1) is 4.47 Å². The zero-order valence-corrected chi connectivity index (χ0v) is 14.0. The predicted octanol–water partition coefficient (Wildman–Crippen LogP) is 4.74.